The van der Waals surface area contributed by atoms with Gasteiger partial charge in [-0.15, -0.1) is 0 Å². The minimum Gasteiger partial charge on any atom is -0.492 e. The molecule has 1 aromatic carbocycles. The van der Waals surface area contributed by atoms with Crippen molar-refractivity contribution in [2.24, 2.45) is 0 Å². The molecule has 0 aliphatic carbocycles. The maximum absolute atomic E-state index is 10.9. The van der Waals surface area contributed by atoms with Crippen LogP contribution >= 0.6 is 0 Å². The van der Waals surface area contributed by atoms with Crippen LogP contribution in [-0.4, -0.2) is 34.1 Å². The van der Waals surface area contributed by atoms with E-state index in [-0.39, 0.29) is 12.4 Å². The molecule has 0 radical (unpaired) electrons. The van der Waals surface area contributed by atoms with Gasteiger partial charge in [0, 0.05) is 18.4 Å². The molecular formula is C11H17NO3S. The van der Waals surface area contributed by atoms with Crippen LogP contribution in [0.5, 0.6) is 5.75 Å². The minimum atomic E-state index is -2.96. The number of hydrogen-bond donors (Lipinski definition) is 1. The number of ether oxygens (including phenoxy) is 1. The van der Waals surface area contributed by atoms with E-state index in [0.717, 1.165) is 11.3 Å². The first kappa shape index (κ1) is 13.0. The number of para-hydroxylation sites is 1. The molecule has 0 fully saturated rings. The average Bonchev–Trinajstić information content (AvgIpc) is 2.19. The molecule has 90 valence electrons. The third kappa shape index (κ3) is 4.63. The first-order chi connectivity index (χ1) is 7.53. The summed E-state index contributed by atoms with van der Waals surface area (Å²) < 4.78 is 27.3. The van der Waals surface area contributed by atoms with Crippen molar-refractivity contribution in [2.45, 2.75) is 6.54 Å². The molecule has 0 saturated carbocycles. The number of benzene rings is 1. The van der Waals surface area contributed by atoms with Crippen molar-refractivity contribution < 1.29 is 13.2 Å². The third-order valence-corrected chi connectivity index (χ3v) is 2.96. The lowest BCUT2D eigenvalue weighted by molar-refractivity contribution is 0.337. The Hall–Kier alpha value is -1.07. The molecule has 0 aliphatic heterocycles. The number of nitrogens with one attached hydrogen (secondary N) is 1. The van der Waals surface area contributed by atoms with Gasteiger partial charge in [-0.2, -0.15) is 0 Å². The molecule has 4 nitrogen and oxygen atoms in total. The summed E-state index contributed by atoms with van der Waals surface area (Å²) >= 11 is 0. The summed E-state index contributed by atoms with van der Waals surface area (Å²) in [5, 5.41) is 3.03. The van der Waals surface area contributed by atoms with Crippen LogP contribution in [0, 0.1) is 0 Å². The highest BCUT2D eigenvalue weighted by Crippen LogP contribution is 2.17. The molecule has 0 atom stereocenters. The van der Waals surface area contributed by atoms with Gasteiger partial charge in [-0.05, 0) is 13.1 Å². The van der Waals surface area contributed by atoms with Crippen LogP contribution in [0.4, 0.5) is 0 Å². The molecule has 16 heavy (non-hydrogen) atoms. The normalized spacial score (nSPS) is 11.4. The first-order valence-corrected chi connectivity index (χ1v) is 7.12. The summed E-state index contributed by atoms with van der Waals surface area (Å²) in [7, 11) is -1.11. The Kier molecular flexibility index (Phi) is 4.76. The fourth-order valence-electron chi connectivity index (χ4n) is 1.28. The molecule has 0 aromatic heterocycles. The molecule has 0 heterocycles. The first-order valence-electron chi connectivity index (χ1n) is 5.06. The Morgan fingerprint density at radius 1 is 1.31 bits per heavy atom. The van der Waals surface area contributed by atoms with Crippen LogP contribution in [0.25, 0.3) is 0 Å². The maximum atomic E-state index is 10.9. The van der Waals surface area contributed by atoms with Crippen LogP contribution < -0.4 is 10.1 Å². The molecule has 1 N–H and O–H groups in total. The van der Waals surface area contributed by atoms with Gasteiger partial charge in [0.05, 0.1) is 5.75 Å². The van der Waals surface area contributed by atoms with Gasteiger partial charge in [0.25, 0.3) is 0 Å². The van der Waals surface area contributed by atoms with E-state index in [2.05, 4.69) is 5.32 Å². The van der Waals surface area contributed by atoms with Gasteiger partial charge >= 0.3 is 0 Å². The van der Waals surface area contributed by atoms with E-state index in [1.165, 1.54) is 6.26 Å². The monoisotopic (exact) mass is 243 g/mol. The summed E-state index contributed by atoms with van der Waals surface area (Å²) in [6.07, 6.45) is 1.20. The second-order valence-electron chi connectivity index (χ2n) is 3.62. The maximum Gasteiger partial charge on any atom is 0.150 e. The second kappa shape index (κ2) is 5.86. The van der Waals surface area contributed by atoms with Crippen molar-refractivity contribution in [2.75, 3.05) is 25.7 Å². The van der Waals surface area contributed by atoms with Crippen LogP contribution in [0.3, 0.4) is 0 Å². The molecule has 5 heteroatoms. The van der Waals surface area contributed by atoms with E-state index in [4.69, 9.17) is 4.74 Å². The summed E-state index contributed by atoms with van der Waals surface area (Å²) in [5.74, 6) is 0.779. The smallest absolute Gasteiger partial charge is 0.150 e. The van der Waals surface area contributed by atoms with E-state index >= 15 is 0 Å². The Morgan fingerprint density at radius 2 is 2.00 bits per heavy atom. The highest BCUT2D eigenvalue weighted by atomic mass is 32.2. The van der Waals surface area contributed by atoms with Gasteiger partial charge in [-0.3, -0.25) is 0 Å². The molecule has 1 rings (SSSR count). The quantitative estimate of drug-likeness (QED) is 0.804. The summed E-state index contributed by atoms with van der Waals surface area (Å²) in [5.41, 5.74) is 1.03. The number of rotatable bonds is 6. The molecule has 0 bridgehead atoms. The molecular weight excluding hydrogens is 226 g/mol. The fourth-order valence-corrected chi connectivity index (χ4v) is 1.67. The van der Waals surface area contributed by atoms with E-state index < -0.39 is 9.84 Å². The Balaban J connectivity index is 2.59. The third-order valence-electron chi connectivity index (χ3n) is 2.05. The second-order valence-corrected chi connectivity index (χ2v) is 5.88. The van der Waals surface area contributed by atoms with Gasteiger partial charge in [-0.25, -0.2) is 8.42 Å². The molecule has 0 spiro atoms. The summed E-state index contributed by atoms with van der Waals surface area (Å²) in [6.45, 7) is 0.897. The highest BCUT2D eigenvalue weighted by molar-refractivity contribution is 7.90. The predicted molar refractivity (Wildman–Crippen MR) is 64.4 cm³/mol. The van der Waals surface area contributed by atoms with Gasteiger partial charge in [-0.1, -0.05) is 18.2 Å². The zero-order valence-corrected chi connectivity index (χ0v) is 10.4. The molecule has 0 unspecified atom stereocenters. The van der Waals surface area contributed by atoms with Gasteiger partial charge in [0.1, 0.15) is 12.4 Å². The van der Waals surface area contributed by atoms with E-state index in [9.17, 15) is 8.42 Å². The zero-order valence-electron chi connectivity index (χ0n) is 9.56. The Bertz CT molecular complexity index is 429. The van der Waals surface area contributed by atoms with Gasteiger partial charge < -0.3 is 10.1 Å². The zero-order chi connectivity index (χ0) is 12.0. The summed E-state index contributed by atoms with van der Waals surface area (Å²) in [6, 6.07) is 7.59. The minimum absolute atomic E-state index is 0.0425. The van der Waals surface area contributed by atoms with Crippen molar-refractivity contribution >= 4 is 9.84 Å². The highest BCUT2D eigenvalue weighted by Gasteiger charge is 2.05. The topological polar surface area (TPSA) is 55.4 Å². The molecule has 0 amide bonds. The van der Waals surface area contributed by atoms with Crippen molar-refractivity contribution in [3.63, 3.8) is 0 Å². The van der Waals surface area contributed by atoms with Crippen LogP contribution in [0.15, 0.2) is 24.3 Å². The fraction of sp³-hybridized carbons (Fsp3) is 0.455. The van der Waals surface area contributed by atoms with Crippen molar-refractivity contribution in [3.05, 3.63) is 29.8 Å². The lowest BCUT2D eigenvalue weighted by Crippen LogP contribution is -2.14. The van der Waals surface area contributed by atoms with E-state index in [1.54, 1.807) is 0 Å². The lowest BCUT2D eigenvalue weighted by atomic mass is 10.2. The molecule has 1 aromatic rings. The van der Waals surface area contributed by atoms with Gasteiger partial charge in [0.15, 0.2) is 9.84 Å². The predicted octanol–water partition coefficient (Wildman–Crippen LogP) is 0.829. The number of sulfone groups is 1. The van der Waals surface area contributed by atoms with Crippen molar-refractivity contribution in [1.82, 2.24) is 5.32 Å². The lowest BCUT2D eigenvalue weighted by Gasteiger charge is -2.10. The Labute approximate surface area is 96.5 Å². The van der Waals surface area contributed by atoms with E-state index in [0.29, 0.717) is 6.54 Å². The van der Waals surface area contributed by atoms with Crippen molar-refractivity contribution in [3.8, 4) is 5.75 Å². The van der Waals surface area contributed by atoms with Gasteiger partial charge in [0.2, 0.25) is 0 Å². The van der Waals surface area contributed by atoms with Crippen molar-refractivity contribution in [1.29, 1.82) is 0 Å². The average molecular weight is 243 g/mol. The van der Waals surface area contributed by atoms with E-state index in [1.807, 2.05) is 31.3 Å². The van der Waals surface area contributed by atoms with Crippen LogP contribution in [0.1, 0.15) is 5.56 Å². The largest absolute Gasteiger partial charge is 0.492 e. The Morgan fingerprint density at radius 3 is 2.62 bits per heavy atom. The SMILES string of the molecule is CNCc1ccccc1OCCS(C)(=O)=O. The molecule has 0 aliphatic rings. The standard InChI is InChI=1S/C11H17NO3S/c1-12-9-10-5-3-4-6-11(10)15-7-8-16(2,13)14/h3-6,12H,7-9H2,1-2H3. The molecule has 0 saturated heterocycles. The van der Waals surface area contributed by atoms with Crippen LogP contribution in [-0.2, 0) is 16.4 Å². The number of hydrogen-bond acceptors (Lipinski definition) is 4. The van der Waals surface area contributed by atoms with Crippen LogP contribution in [0.2, 0.25) is 0 Å². The summed E-state index contributed by atoms with van der Waals surface area (Å²) in [4.78, 5) is 0.